The molecule has 0 aliphatic rings. The van der Waals surface area contributed by atoms with Crippen LogP contribution in [0.25, 0.3) is 0 Å². The predicted octanol–water partition coefficient (Wildman–Crippen LogP) is -0.0914. The largest absolute Gasteiger partial charge is 0.377 e. The second-order valence-corrected chi connectivity index (χ2v) is 1.94. The van der Waals surface area contributed by atoms with Crippen LogP contribution in [-0.2, 0) is 11.3 Å². The van der Waals surface area contributed by atoms with Gasteiger partial charge in [0.25, 0.3) is 0 Å². The summed E-state index contributed by atoms with van der Waals surface area (Å²) in [7, 11) is 1.59. The summed E-state index contributed by atoms with van der Waals surface area (Å²) < 4.78 is 4.83. The molecule has 3 N–H and O–H groups in total. The van der Waals surface area contributed by atoms with Crippen molar-refractivity contribution in [3.8, 4) is 0 Å². The molecule has 1 heterocycles. The highest BCUT2D eigenvalue weighted by molar-refractivity contribution is 5.30. The van der Waals surface area contributed by atoms with E-state index in [1.54, 1.807) is 19.4 Å². The van der Waals surface area contributed by atoms with Gasteiger partial charge in [0.05, 0.1) is 0 Å². The first-order chi connectivity index (χ1) is 5.36. The number of rotatable bonds is 3. The third-order valence-electron chi connectivity index (χ3n) is 1.13. The van der Waals surface area contributed by atoms with Crippen LogP contribution in [-0.4, -0.2) is 17.1 Å². The number of methoxy groups -OCH3 is 1. The lowest BCUT2D eigenvalue weighted by molar-refractivity contribution is 0.178. The molecular formula is C6H10N4O. The van der Waals surface area contributed by atoms with Gasteiger partial charge < -0.3 is 10.2 Å². The standard InChI is InChI=1S/C6H10N4O/c1-11-4-6-8-3-2-5(9-6)10-7/h2-3H,4,7H2,1H3,(H,8,9,10). The van der Waals surface area contributed by atoms with Crippen molar-refractivity contribution in [1.29, 1.82) is 0 Å². The van der Waals surface area contributed by atoms with E-state index in [-0.39, 0.29) is 0 Å². The third-order valence-corrected chi connectivity index (χ3v) is 1.13. The maximum Gasteiger partial charge on any atom is 0.156 e. The Labute approximate surface area is 64.6 Å². The van der Waals surface area contributed by atoms with Crippen molar-refractivity contribution in [2.45, 2.75) is 6.61 Å². The number of hydrogen-bond acceptors (Lipinski definition) is 5. The van der Waals surface area contributed by atoms with Crippen molar-refractivity contribution in [2.75, 3.05) is 12.5 Å². The summed E-state index contributed by atoms with van der Waals surface area (Å²) >= 11 is 0. The summed E-state index contributed by atoms with van der Waals surface area (Å²) in [5, 5.41) is 0. The maximum absolute atomic E-state index is 5.13. The van der Waals surface area contributed by atoms with Crippen molar-refractivity contribution < 1.29 is 4.74 Å². The number of nitrogens with one attached hydrogen (secondary N) is 1. The number of hydrogen-bond donors (Lipinski definition) is 2. The van der Waals surface area contributed by atoms with Crippen LogP contribution in [0.1, 0.15) is 5.82 Å². The van der Waals surface area contributed by atoms with Crippen LogP contribution in [0.5, 0.6) is 0 Å². The Morgan fingerprint density at radius 2 is 2.55 bits per heavy atom. The SMILES string of the molecule is COCc1nccc(NN)n1. The molecular weight excluding hydrogens is 144 g/mol. The zero-order valence-corrected chi connectivity index (χ0v) is 6.24. The first kappa shape index (κ1) is 7.90. The molecule has 1 aromatic rings. The van der Waals surface area contributed by atoms with E-state index in [1.165, 1.54) is 0 Å². The van der Waals surface area contributed by atoms with Crippen LogP contribution in [0.4, 0.5) is 5.82 Å². The molecule has 11 heavy (non-hydrogen) atoms. The van der Waals surface area contributed by atoms with Gasteiger partial charge in [-0.3, -0.25) is 0 Å². The zero-order valence-electron chi connectivity index (χ0n) is 6.24. The molecule has 0 saturated heterocycles. The van der Waals surface area contributed by atoms with Gasteiger partial charge in [0.1, 0.15) is 12.4 Å². The molecule has 0 radical (unpaired) electrons. The third kappa shape index (κ3) is 2.14. The molecule has 0 saturated carbocycles. The summed E-state index contributed by atoms with van der Waals surface area (Å²) in [5.41, 5.74) is 2.42. The van der Waals surface area contributed by atoms with E-state index in [1.807, 2.05) is 0 Å². The Morgan fingerprint density at radius 3 is 3.18 bits per heavy atom. The fraction of sp³-hybridized carbons (Fsp3) is 0.333. The second-order valence-electron chi connectivity index (χ2n) is 1.94. The molecule has 60 valence electrons. The number of anilines is 1. The highest BCUT2D eigenvalue weighted by atomic mass is 16.5. The van der Waals surface area contributed by atoms with Gasteiger partial charge in [-0.25, -0.2) is 15.8 Å². The summed E-state index contributed by atoms with van der Waals surface area (Å²) in [6.07, 6.45) is 1.62. The molecule has 0 bridgehead atoms. The minimum absolute atomic E-state index is 0.398. The van der Waals surface area contributed by atoms with Crippen LogP contribution in [0.2, 0.25) is 0 Å². The Bertz CT molecular complexity index is 228. The highest BCUT2D eigenvalue weighted by Crippen LogP contribution is 1.99. The molecule has 0 amide bonds. The number of nitrogen functional groups attached to an aromatic ring is 1. The minimum Gasteiger partial charge on any atom is -0.377 e. The van der Waals surface area contributed by atoms with Gasteiger partial charge in [-0.15, -0.1) is 0 Å². The van der Waals surface area contributed by atoms with Crippen molar-refractivity contribution >= 4 is 5.82 Å². The van der Waals surface area contributed by atoms with Crippen molar-refractivity contribution in [3.63, 3.8) is 0 Å². The first-order valence-electron chi connectivity index (χ1n) is 3.14. The smallest absolute Gasteiger partial charge is 0.156 e. The Morgan fingerprint density at radius 1 is 1.73 bits per heavy atom. The van der Waals surface area contributed by atoms with E-state index in [4.69, 9.17) is 10.6 Å². The van der Waals surface area contributed by atoms with E-state index < -0.39 is 0 Å². The molecule has 0 unspecified atom stereocenters. The van der Waals surface area contributed by atoms with Crippen molar-refractivity contribution in [1.82, 2.24) is 9.97 Å². The van der Waals surface area contributed by atoms with Gasteiger partial charge in [-0.05, 0) is 0 Å². The first-order valence-corrected chi connectivity index (χ1v) is 3.14. The van der Waals surface area contributed by atoms with E-state index in [9.17, 15) is 0 Å². The highest BCUT2D eigenvalue weighted by Gasteiger charge is 1.95. The summed E-state index contributed by atoms with van der Waals surface area (Å²) in [6, 6.07) is 1.68. The number of hydrazine groups is 1. The Balaban J connectivity index is 2.74. The Hall–Kier alpha value is -1.20. The van der Waals surface area contributed by atoms with Crippen LogP contribution in [0.15, 0.2) is 12.3 Å². The molecule has 5 nitrogen and oxygen atoms in total. The fourth-order valence-corrected chi connectivity index (χ4v) is 0.678. The fourth-order valence-electron chi connectivity index (χ4n) is 0.678. The predicted molar refractivity (Wildman–Crippen MR) is 40.6 cm³/mol. The summed E-state index contributed by atoms with van der Waals surface area (Å²) in [5.74, 6) is 6.34. The van der Waals surface area contributed by atoms with E-state index >= 15 is 0 Å². The number of nitrogens with two attached hydrogens (primary N) is 1. The molecule has 0 spiro atoms. The van der Waals surface area contributed by atoms with Gasteiger partial charge in [-0.1, -0.05) is 0 Å². The molecule has 0 atom stereocenters. The molecule has 0 fully saturated rings. The average Bonchev–Trinajstić information content (AvgIpc) is 2.06. The molecule has 5 heteroatoms. The van der Waals surface area contributed by atoms with E-state index in [2.05, 4.69) is 15.4 Å². The average molecular weight is 154 g/mol. The van der Waals surface area contributed by atoms with Crippen LogP contribution >= 0.6 is 0 Å². The van der Waals surface area contributed by atoms with Gasteiger partial charge >= 0.3 is 0 Å². The quantitative estimate of drug-likeness (QED) is 0.470. The van der Waals surface area contributed by atoms with Crippen molar-refractivity contribution in [2.24, 2.45) is 5.84 Å². The molecule has 0 aliphatic carbocycles. The second kappa shape index (κ2) is 3.85. The molecule has 0 aliphatic heterocycles. The van der Waals surface area contributed by atoms with Gasteiger partial charge in [0.15, 0.2) is 5.82 Å². The summed E-state index contributed by atoms with van der Waals surface area (Å²) in [4.78, 5) is 7.95. The van der Waals surface area contributed by atoms with E-state index in [0.717, 1.165) is 0 Å². The summed E-state index contributed by atoms with van der Waals surface area (Å²) in [6.45, 7) is 0.398. The van der Waals surface area contributed by atoms with Gasteiger partial charge in [0, 0.05) is 19.4 Å². The lowest BCUT2D eigenvalue weighted by Gasteiger charge is -2.00. The topological polar surface area (TPSA) is 73.1 Å². The normalized spacial score (nSPS) is 9.64. The lowest BCUT2D eigenvalue weighted by Crippen LogP contribution is -2.10. The maximum atomic E-state index is 5.13. The molecule has 1 rings (SSSR count). The van der Waals surface area contributed by atoms with Crippen molar-refractivity contribution in [3.05, 3.63) is 18.1 Å². The Kier molecular flexibility index (Phi) is 2.76. The monoisotopic (exact) mass is 154 g/mol. The number of ether oxygens (including phenoxy) is 1. The number of aromatic nitrogens is 2. The molecule has 1 aromatic heterocycles. The van der Waals surface area contributed by atoms with E-state index in [0.29, 0.717) is 18.2 Å². The molecule has 0 aromatic carbocycles. The van der Waals surface area contributed by atoms with Gasteiger partial charge in [0.2, 0.25) is 0 Å². The van der Waals surface area contributed by atoms with Crippen LogP contribution in [0, 0.1) is 0 Å². The van der Waals surface area contributed by atoms with Crippen LogP contribution < -0.4 is 11.3 Å². The minimum atomic E-state index is 0.398. The number of nitrogens with zero attached hydrogens (tertiary/aromatic N) is 2. The lowest BCUT2D eigenvalue weighted by atomic mass is 10.5. The van der Waals surface area contributed by atoms with Gasteiger partial charge in [-0.2, -0.15) is 0 Å². The van der Waals surface area contributed by atoms with Crippen LogP contribution in [0.3, 0.4) is 0 Å². The zero-order chi connectivity index (χ0) is 8.10.